The second kappa shape index (κ2) is 5.46. The number of hydrogen-bond donors (Lipinski definition) is 1. The quantitative estimate of drug-likeness (QED) is 0.497. The van der Waals surface area contributed by atoms with Gasteiger partial charge in [-0.25, -0.2) is 5.01 Å². The summed E-state index contributed by atoms with van der Waals surface area (Å²) >= 11 is 4.97. The second-order valence-electron chi connectivity index (χ2n) is 3.37. The highest BCUT2D eigenvalue weighted by atomic mass is 32.1. The third-order valence-corrected chi connectivity index (χ3v) is 2.00. The molecule has 0 saturated carbocycles. The van der Waals surface area contributed by atoms with E-state index in [-0.39, 0.29) is 5.11 Å². The van der Waals surface area contributed by atoms with E-state index in [1.54, 1.807) is 7.11 Å². The Balaban J connectivity index is 3.21. The molecule has 2 N–H and O–H groups in total. The molecule has 1 aromatic rings. The Morgan fingerprint density at radius 3 is 2.50 bits per heavy atom. The number of anilines is 1. The van der Waals surface area contributed by atoms with Crippen molar-refractivity contribution >= 4 is 28.7 Å². The van der Waals surface area contributed by atoms with Crippen molar-refractivity contribution in [2.24, 2.45) is 10.8 Å². The molecule has 86 valence electrons. The van der Waals surface area contributed by atoms with Crippen molar-refractivity contribution in [1.29, 1.82) is 0 Å². The Labute approximate surface area is 101 Å². The molecular formula is C11H15N3OS. The van der Waals surface area contributed by atoms with E-state index in [2.05, 4.69) is 5.10 Å². The second-order valence-corrected chi connectivity index (χ2v) is 3.79. The molecule has 5 heteroatoms. The lowest BCUT2D eigenvalue weighted by Crippen LogP contribution is -2.31. The molecule has 0 unspecified atom stereocenters. The largest absolute Gasteiger partial charge is 0.494 e. The maximum atomic E-state index is 5.64. The van der Waals surface area contributed by atoms with Gasteiger partial charge in [-0.1, -0.05) is 12.1 Å². The van der Waals surface area contributed by atoms with Crippen LogP contribution in [-0.4, -0.2) is 17.9 Å². The van der Waals surface area contributed by atoms with E-state index >= 15 is 0 Å². The Morgan fingerprint density at radius 1 is 1.38 bits per heavy atom. The summed E-state index contributed by atoms with van der Waals surface area (Å²) in [6.45, 7) is 3.75. The highest BCUT2D eigenvalue weighted by Crippen LogP contribution is 2.27. The zero-order valence-corrected chi connectivity index (χ0v) is 10.4. The van der Waals surface area contributed by atoms with Gasteiger partial charge in [0.2, 0.25) is 0 Å². The summed E-state index contributed by atoms with van der Waals surface area (Å²) in [7, 11) is 1.60. The van der Waals surface area contributed by atoms with Crippen LogP contribution >= 0.6 is 12.2 Å². The zero-order chi connectivity index (χ0) is 12.1. The first-order valence-electron chi connectivity index (χ1n) is 4.80. The lowest BCUT2D eigenvalue weighted by atomic mass is 10.3. The molecule has 0 aliphatic heterocycles. The fourth-order valence-electron chi connectivity index (χ4n) is 1.23. The molecule has 4 nitrogen and oxygen atoms in total. The van der Waals surface area contributed by atoms with Gasteiger partial charge in [0.1, 0.15) is 11.4 Å². The molecule has 0 fully saturated rings. The molecule has 1 aromatic carbocycles. The third-order valence-electron chi connectivity index (χ3n) is 1.82. The van der Waals surface area contributed by atoms with Crippen molar-refractivity contribution in [1.82, 2.24) is 0 Å². The smallest absolute Gasteiger partial charge is 0.191 e. The van der Waals surface area contributed by atoms with E-state index in [1.165, 1.54) is 5.01 Å². The van der Waals surface area contributed by atoms with Gasteiger partial charge in [-0.3, -0.25) is 0 Å². The SMILES string of the molecule is COc1ccccc1N(N=C(C)C)C(N)=S. The van der Waals surface area contributed by atoms with Gasteiger partial charge in [0, 0.05) is 5.71 Å². The van der Waals surface area contributed by atoms with Crippen molar-refractivity contribution in [3.63, 3.8) is 0 Å². The number of nitrogens with two attached hydrogens (primary N) is 1. The van der Waals surface area contributed by atoms with Crippen molar-refractivity contribution in [3.8, 4) is 5.75 Å². The van der Waals surface area contributed by atoms with E-state index in [1.807, 2.05) is 38.1 Å². The van der Waals surface area contributed by atoms with Crippen LogP contribution in [0.3, 0.4) is 0 Å². The number of rotatable bonds is 3. The summed E-state index contributed by atoms with van der Waals surface area (Å²) in [6, 6.07) is 7.44. The Morgan fingerprint density at radius 2 is 2.00 bits per heavy atom. The summed E-state index contributed by atoms with van der Waals surface area (Å²) in [5, 5.41) is 5.93. The number of hydrazone groups is 1. The summed E-state index contributed by atoms with van der Waals surface area (Å²) in [5.41, 5.74) is 7.23. The van der Waals surface area contributed by atoms with E-state index in [4.69, 9.17) is 22.7 Å². The molecule has 0 aliphatic carbocycles. The summed E-state index contributed by atoms with van der Waals surface area (Å²) in [4.78, 5) is 0. The van der Waals surface area contributed by atoms with Crippen LogP contribution in [0.4, 0.5) is 5.69 Å². The van der Waals surface area contributed by atoms with Crippen LogP contribution in [0.25, 0.3) is 0 Å². The van der Waals surface area contributed by atoms with Crippen molar-refractivity contribution in [2.75, 3.05) is 12.1 Å². The van der Waals surface area contributed by atoms with Crippen LogP contribution in [0.15, 0.2) is 29.4 Å². The Bertz CT molecular complexity index is 413. The van der Waals surface area contributed by atoms with Crippen molar-refractivity contribution < 1.29 is 4.74 Å². The minimum atomic E-state index is 0.186. The maximum absolute atomic E-state index is 5.64. The average Bonchev–Trinajstić information content (AvgIpc) is 2.25. The molecule has 0 spiro atoms. The highest BCUT2D eigenvalue weighted by Gasteiger charge is 2.12. The fourth-order valence-corrected chi connectivity index (χ4v) is 1.37. The highest BCUT2D eigenvalue weighted by molar-refractivity contribution is 7.80. The molecule has 0 aliphatic rings. The molecular weight excluding hydrogens is 222 g/mol. The zero-order valence-electron chi connectivity index (χ0n) is 9.60. The van der Waals surface area contributed by atoms with Gasteiger partial charge in [-0.05, 0) is 38.2 Å². The Hall–Kier alpha value is -1.62. The van der Waals surface area contributed by atoms with E-state index in [0.717, 1.165) is 11.4 Å². The molecule has 0 heterocycles. The minimum Gasteiger partial charge on any atom is -0.494 e. The molecule has 0 aromatic heterocycles. The lowest BCUT2D eigenvalue weighted by molar-refractivity contribution is 0.415. The Kier molecular flexibility index (Phi) is 4.25. The van der Waals surface area contributed by atoms with Crippen LogP contribution < -0.4 is 15.5 Å². The normalized spacial score (nSPS) is 9.44. The number of hydrogen-bond acceptors (Lipinski definition) is 3. The van der Waals surface area contributed by atoms with Crippen LogP contribution in [-0.2, 0) is 0 Å². The molecule has 0 radical (unpaired) electrons. The van der Waals surface area contributed by atoms with E-state index in [9.17, 15) is 0 Å². The summed E-state index contributed by atoms with van der Waals surface area (Å²) in [6.07, 6.45) is 0. The number of benzene rings is 1. The van der Waals surface area contributed by atoms with Crippen LogP contribution in [0.2, 0.25) is 0 Å². The standard InChI is InChI=1S/C11H15N3OS/c1-8(2)13-14(11(12)16)9-6-4-5-7-10(9)15-3/h4-7H,1-3H3,(H2,12,16). The average molecular weight is 237 g/mol. The third kappa shape index (κ3) is 2.93. The van der Waals surface area contributed by atoms with E-state index < -0.39 is 0 Å². The maximum Gasteiger partial charge on any atom is 0.191 e. The number of methoxy groups -OCH3 is 1. The molecule has 16 heavy (non-hydrogen) atoms. The lowest BCUT2D eigenvalue weighted by Gasteiger charge is -2.19. The fraction of sp³-hybridized carbons (Fsp3) is 0.273. The van der Waals surface area contributed by atoms with Gasteiger partial charge < -0.3 is 10.5 Å². The summed E-state index contributed by atoms with van der Waals surface area (Å²) in [5.74, 6) is 0.681. The first kappa shape index (κ1) is 12.4. The van der Waals surface area contributed by atoms with Gasteiger partial charge in [-0.15, -0.1) is 0 Å². The monoisotopic (exact) mass is 237 g/mol. The van der Waals surface area contributed by atoms with Gasteiger partial charge >= 0.3 is 0 Å². The molecule has 0 amide bonds. The predicted octanol–water partition coefficient (Wildman–Crippen LogP) is 2.14. The number of ether oxygens (including phenoxy) is 1. The van der Waals surface area contributed by atoms with Crippen molar-refractivity contribution in [2.45, 2.75) is 13.8 Å². The van der Waals surface area contributed by atoms with Gasteiger partial charge in [0.05, 0.1) is 7.11 Å². The summed E-state index contributed by atoms with van der Waals surface area (Å²) < 4.78 is 5.23. The van der Waals surface area contributed by atoms with Gasteiger partial charge in [0.25, 0.3) is 0 Å². The van der Waals surface area contributed by atoms with Crippen molar-refractivity contribution in [3.05, 3.63) is 24.3 Å². The number of nitrogens with zero attached hydrogens (tertiary/aromatic N) is 2. The van der Waals surface area contributed by atoms with Crippen LogP contribution in [0.1, 0.15) is 13.8 Å². The first-order valence-corrected chi connectivity index (χ1v) is 5.21. The van der Waals surface area contributed by atoms with Crippen LogP contribution in [0.5, 0.6) is 5.75 Å². The number of thiocarbonyl (C=S) groups is 1. The first-order chi connectivity index (χ1) is 7.56. The molecule has 0 bridgehead atoms. The molecule has 0 atom stereocenters. The van der Waals surface area contributed by atoms with Gasteiger partial charge in [0.15, 0.2) is 5.11 Å². The number of para-hydroxylation sites is 2. The van der Waals surface area contributed by atoms with Crippen LogP contribution in [0, 0.1) is 0 Å². The minimum absolute atomic E-state index is 0.186. The van der Waals surface area contributed by atoms with E-state index in [0.29, 0.717) is 5.75 Å². The molecule has 1 rings (SSSR count). The predicted molar refractivity (Wildman–Crippen MR) is 71.0 cm³/mol. The molecule has 0 saturated heterocycles. The van der Waals surface area contributed by atoms with Gasteiger partial charge in [-0.2, -0.15) is 5.10 Å². The topological polar surface area (TPSA) is 50.8 Å².